The Kier molecular flexibility index (Phi) is 6.55. The number of carbonyl (C=O) groups is 1. The summed E-state index contributed by atoms with van der Waals surface area (Å²) in [5.41, 5.74) is 4.60. The van der Waals surface area contributed by atoms with Crippen LogP contribution in [-0.2, 0) is 4.79 Å². The topological polar surface area (TPSA) is 91.6 Å². The van der Waals surface area contributed by atoms with Crippen molar-refractivity contribution in [1.82, 2.24) is 15.2 Å². The molecule has 1 saturated heterocycles. The van der Waals surface area contributed by atoms with Gasteiger partial charge in [0, 0.05) is 55.7 Å². The zero-order valence-electron chi connectivity index (χ0n) is 19.2. The molecule has 172 valence electrons. The number of aryl methyl sites for hydroxylation is 2. The lowest BCUT2D eigenvalue weighted by Gasteiger charge is -2.36. The van der Waals surface area contributed by atoms with E-state index in [9.17, 15) is 14.9 Å². The first-order chi connectivity index (χ1) is 15.8. The fraction of sp³-hybridized carbons (Fsp3) is 0.360. The van der Waals surface area contributed by atoms with Gasteiger partial charge in [0.25, 0.3) is 5.69 Å². The maximum absolute atomic E-state index is 12.6. The van der Waals surface area contributed by atoms with Gasteiger partial charge in [-0.25, -0.2) is 0 Å². The minimum absolute atomic E-state index is 0.0149. The number of non-ortho nitro benzene ring substituents is 1. The maximum atomic E-state index is 12.6. The Labute approximate surface area is 193 Å². The number of fused-ring (bicyclic) bond motifs is 1. The molecule has 0 aliphatic carbocycles. The summed E-state index contributed by atoms with van der Waals surface area (Å²) in [5.74, 6) is 0.0149. The van der Waals surface area contributed by atoms with Gasteiger partial charge in [-0.3, -0.25) is 24.8 Å². The SMILES string of the molecule is Cc1ccc(C(C)NC(=O)CN2CCN(c3ccc([N+](=O)[O-])c4cnccc34)CC2)cc1C. The number of nitrogens with one attached hydrogen (secondary N) is 1. The summed E-state index contributed by atoms with van der Waals surface area (Å²) in [7, 11) is 0. The molecule has 1 unspecified atom stereocenters. The molecule has 33 heavy (non-hydrogen) atoms. The zero-order valence-corrected chi connectivity index (χ0v) is 19.2. The molecule has 1 amide bonds. The number of aromatic nitrogens is 1. The van der Waals surface area contributed by atoms with Crippen molar-refractivity contribution in [2.75, 3.05) is 37.6 Å². The van der Waals surface area contributed by atoms with Crippen LogP contribution in [0, 0.1) is 24.0 Å². The smallest absolute Gasteiger partial charge is 0.278 e. The van der Waals surface area contributed by atoms with Gasteiger partial charge in [-0.2, -0.15) is 0 Å². The van der Waals surface area contributed by atoms with Crippen molar-refractivity contribution in [3.63, 3.8) is 0 Å². The lowest BCUT2D eigenvalue weighted by Crippen LogP contribution is -2.49. The first kappa shape index (κ1) is 22.7. The van der Waals surface area contributed by atoms with E-state index in [-0.39, 0.29) is 22.6 Å². The highest BCUT2D eigenvalue weighted by molar-refractivity contribution is 5.99. The molecule has 0 bridgehead atoms. The third-order valence-electron chi connectivity index (χ3n) is 6.46. The lowest BCUT2D eigenvalue weighted by molar-refractivity contribution is -0.383. The molecule has 0 saturated carbocycles. The van der Waals surface area contributed by atoms with Gasteiger partial charge < -0.3 is 10.2 Å². The second-order valence-corrected chi connectivity index (χ2v) is 8.68. The van der Waals surface area contributed by atoms with Crippen molar-refractivity contribution in [3.8, 4) is 0 Å². The number of anilines is 1. The van der Waals surface area contributed by atoms with Crippen molar-refractivity contribution in [2.24, 2.45) is 0 Å². The van der Waals surface area contributed by atoms with E-state index in [1.807, 2.05) is 19.1 Å². The summed E-state index contributed by atoms with van der Waals surface area (Å²) in [6.45, 7) is 9.51. The van der Waals surface area contributed by atoms with Crippen molar-refractivity contribution < 1.29 is 9.72 Å². The summed E-state index contributed by atoms with van der Waals surface area (Å²) in [4.78, 5) is 32.1. The zero-order chi connectivity index (χ0) is 23.5. The Bertz CT molecular complexity index is 1190. The van der Waals surface area contributed by atoms with Crippen LogP contribution in [0.15, 0.2) is 48.8 Å². The minimum atomic E-state index is -0.372. The Balaban J connectivity index is 1.36. The quantitative estimate of drug-likeness (QED) is 0.457. The number of amides is 1. The number of hydrogen-bond donors (Lipinski definition) is 1. The molecular formula is C25H29N5O3. The highest BCUT2D eigenvalue weighted by atomic mass is 16.6. The molecule has 2 heterocycles. The summed E-state index contributed by atoms with van der Waals surface area (Å²) in [5, 5.41) is 15.8. The van der Waals surface area contributed by atoms with Gasteiger partial charge in [-0.05, 0) is 49.6 Å². The van der Waals surface area contributed by atoms with E-state index in [4.69, 9.17) is 0 Å². The molecule has 1 aromatic heterocycles. The van der Waals surface area contributed by atoms with E-state index in [0.717, 1.165) is 42.8 Å². The molecule has 3 aromatic rings. The van der Waals surface area contributed by atoms with Crippen LogP contribution in [0.2, 0.25) is 0 Å². The number of benzene rings is 2. The molecule has 1 aliphatic rings. The summed E-state index contributed by atoms with van der Waals surface area (Å²) in [6, 6.07) is 11.4. The maximum Gasteiger partial charge on any atom is 0.278 e. The van der Waals surface area contributed by atoms with Gasteiger partial charge in [-0.1, -0.05) is 18.2 Å². The number of hydrogen-bond acceptors (Lipinski definition) is 6. The van der Waals surface area contributed by atoms with Gasteiger partial charge in [0.05, 0.1) is 22.9 Å². The van der Waals surface area contributed by atoms with Crippen molar-refractivity contribution >= 4 is 28.1 Å². The van der Waals surface area contributed by atoms with Crippen LogP contribution >= 0.6 is 0 Å². The van der Waals surface area contributed by atoms with Crippen LogP contribution in [0.4, 0.5) is 11.4 Å². The van der Waals surface area contributed by atoms with Gasteiger partial charge in [0.2, 0.25) is 5.91 Å². The first-order valence-electron chi connectivity index (χ1n) is 11.2. The molecular weight excluding hydrogens is 418 g/mol. The van der Waals surface area contributed by atoms with Crippen molar-refractivity contribution in [2.45, 2.75) is 26.8 Å². The van der Waals surface area contributed by atoms with E-state index in [2.05, 4.69) is 52.1 Å². The molecule has 0 spiro atoms. The van der Waals surface area contributed by atoms with E-state index in [0.29, 0.717) is 11.9 Å². The highest BCUT2D eigenvalue weighted by Crippen LogP contribution is 2.33. The normalized spacial score (nSPS) is 15.4. The molecule has 2 aromatic carbocycles. The van der Waals surface area contributed by atoms with Gasteiger partial charge in [0.15, 0.2) is 0 Å². The van der Waals surface area contributed by atoms with E-state index < -0.39 is 0 Å². The molecule has 1 N–H and O–H groups in total. The number of piperazine rings is 1. The van der Waals surface area contributed by atoms with Gasteiger partial charge in [0.1, 0.15) is 0 Å². The third kappa shape index (κ3) is 4.96. The first-order valence-corrected chi connectivity index (χ1v) is 11.2. The average molecular weight is 448 g/mol. The van der Waals surface area contributed by atoms with E-state index >= 15 is 0 Å². The van der Waals surface area contributed by atoms with Crippen LogP contribution in [0.3, 0.4) is 0 Å². The molecule has 1 aliphatic heterocycles. The molecule has 8 heteroatoms. The predicted octanol–water partition coefficient (Wildman–Crippen LogP) is 3.76. The number of nitrogens with zero attached hydrogens (tertiary/aromatic N) is 4. The standard InChI is InChI=1S/C25H29N5O3/c1-17-4-5-20(14-18(17)2)19(3)27-25(31)16-28-10-12-29(13-11-28)23-6-7-24(30(32)33)22-15-26-9-8-21(22)23/h4-9,14-15,19H,10-13,16H2,1-3H3,(H,27,31). The molecule has 4 rings (SSSR count). The second kappa shape index (κ2) is 9.54. The number of pyridine rings is 1. The molecule has 8 nitrogen and oxygen atoms in total. The number of nitro benzene ring substituents is 1. The van der Waals surface area contributed by atoms with Crippen LogP contribution in [0.5, 0.6) is 0 Å². The van der Waals surface area contributed by atoms with Crippen LogP contribution in [-0.4, -0.2) is 53.4 Å². The van der Waals surface area contributed by atoms with Crippen LogP contribution in [0.1, 0.15) is 29.7 Å². The average Bonchev–Trinajstić information content (AvgIpc) is 2.80. The summed E-state index contributed by atoms with van der Waals surface area (Å²) in [6.07, 6.45) is 3.21. The fourth-order valence-electron chi connectivity index (χ4n) is 4.35. The summed E-state index contributed by atoms with van der Waals surface area (Å²) < 4.78 is 0. The Morgan fingerprint density at radius 2 is 1.85 bits per heavy atom. The summed E-state index contributed by atoms with van der Waals surface area (Å²) >= 11 is 0. The number of carbonyl (C=O) groups excluding carboxylic acids is 1. The minimum Gasteiger partial charge on any atom is -0.368 e. The monoisotopic (exact) mass is 447 g/mol. The van der Waals surface area contributed by atoms with Crippen molar-refractivity contribution in [3.05, 3.63) is 75.6 Å². The fourth-order valence-corrected chi connectivity index (χ4v) is 4.35. The molecule has 1 fully saturated rings. The Hall–Kier alpha value is -3.52. The molecule has 0 radical (unpaired) electrons. The van der Waals surface area contributed by atoms with E-state index in [1.165, 1.54) is 11.1 Å². The molecule has 1 atom stereocenters. The number of nitro groups is 1. The van der Waals surface area contributed by atoms with Gasteiger partial charge in [-0.15, -0.1) is 0 Å². The largest absolute Gasteiger partial charge is 0.368 e. The van der Waals surface area contributed by atoms with Gasteiger partial charge >= 0.3 is 0 Å². The third-order valence-corrected chi connectivity index (χ3v) is 6.46. The van der Waals surface area contributed by atoms with Crippen LogP contribution in [0.25, 0.3) is 10.8 Å². The van der Waals surface area contributed by atoms with Crippen molar-refractivity contribution in [1.29, 1.82) is 0 Å². The Morgan fingerprint density at radius 3 is 2.55 bits per heavy atom. The number of rotatable bonds is 6. The predicted molar refractivity (Wildman–Crippen MR) is 130 cm³/mol. The second-order valence-electron chi connectivity index (χ2n) is 8.68. The Morgan fingerprint density at radius 1 is 1.09 bits per heavy atom. The highest BCUT2D eigenvalue weighted by Gasteiger charge is 2.23. The van der Waals surface area contributed by atoms with E-state index in [1.54, 1.807) is 18.5 Å². The van der Waals surface area contributed by atoms with Crippen LogP contribution < -0.4 is 10.2 Å². The lowest BCUT2D eigenvalue weighted by atomic mass is 10.0.